The van der Waals surface area contributed by atoms with Gasteiger partial charge in [0.15, 0.2) is 5.71 Å². The van der Waals surface area contributed by atoms with Crippen LogP contribution in [0, 0.1) is 0 Å². The summed E-state index contributed by atoms with van der Waals surface area (Å²) in [5.41, 5.74) is 4.37. The van der Waals surface area contributed by atoms with Crippen molar-refractivity contribution >= 4 is 11.7 Å². The second-order valence-corrected chi connectivity index (χ2v) is 5.84. The van der Waals surface area contributed by atoms with E-state index >= 15 is 0 Å². The van der Waals surface area contributed by atoms with Crippen molar-refractivity contribution in [1.29, 1.82) is 0 Å². The van der Waals surface area contributed by atoms with Gasteiger partial charge in [0.25, 0.3) is 0 Å². The number of rotatable bonds is 6. The summed E-state index contributed by atoms with van der Waals surface area (Å²) in [5, 5.41) is 3.81. The van der Waals surface area contributed by atoms with Crippen molar-refractivity contribution in [3.05, 3.63) is 64.7 Å². The van der Waals surface area contributed by atoms with Crippen LogP contribution >= 0.6 is 0 Å². The van der Waals surface area contributed by atoms with Crippen molar-refractivity contribution in [3.63, 3.8) is 0 Å². The van der Waals surface area contributed by atoms with Crippen molar-refractivity contribution in [2.75, 3.05) is 14.2 Å². The van der Waals surface area contributed by atoms with E-state index in [2.05, 4.69) is 17.3 Å². The summed E-state index contributed by atoms with van der Waals surface area (Å²) in [6.45, 7) is 0.328. The summed E-state index contributed by atoms with van der Waals surface area (Å²) in [4.78, 5) is 16.8. The Labute approximate surface area is 147 Å². The maximum atomic E-state index is 12.0. The lowest BCUT2D eigenvalue weighted by atomic mass is 10.0. The summed E-state index contributed by atoms with van der Waals surface area (Å²) >= 11 is 0. The summed E-state index contributed by atoms with van der Waals surface area (Å²) in [5.74, 6) is 0.283. The number of hydrogen-bond acceptors (Lipinski definition) is 5. The van der Waals surface area contributed by atoms with Gasteiger partial charge in [0.1, 0.15) is 19.5 Å². The summed E-state index contributed by atoms with van der Waals surface area (Å²) < 4.78 is 10.7. The predicted molar refractivity (Wildman–Crippen MR) is 94.8 cm³/mol. The summed E-state index contributed by atoms with van der Waals surface area (Å²) in [7, 11) is 2.71. The molecule has 2 aromatic rings. The number of aryl methyl sites for hydroxylation is 2. The third kappa shape index (κ3) is 3.82. The topological polar surface area (TPSA) is 57.1 Å². The fourth-order valence-electron chi connectivity index (χ4n) is 3.06. The first-order chi connectivity index (χ1) is 12.2. The number of esters is 1. The van der Waals surface area contributed by atoms with Gasteiger partial charge in [0.05, 0.1) is 7.11 Å². The number of fused-ring (bicyclic) bond motifs is 1. The van der Waals surface area contributed by atoms with Gasteiger partial charge in [0.2, 0.25) is 0 Å². The molecule has 2 aromatic carbocycles. The minimum Gasteiger partial charge on any atom is -0.489 e. The average Bonchev–Trinajstić information content (AvgIpc) is 3.12. The van der Waals surface area contributed by atoms with Crippen LogP contribution in [0.4, 0.5) is 0 Å². The van der Waals surface area contributed by atoms with E-state index in [0.29, 0.717) is 12.2 Å². The second-order valence-electron chi connectivity index (χ2n) is 5.84. The quantitative estimate of drug-likeness (QED) is 0.460. The largest absolute Gasteiger partial charge is 0.489 e. The maximum absolute atomic E-state index is 12.0. The number of oxime groups is 1. The Bertz CT molecular complexity index is 798. The van der Waals surface area contributed by atoms with Crippen molar-refractivity contribution < 1.29 is 19.1 Å². The molecule has 0 amide bonds. The third-order valence-electron chi connectivity index (χ3n) is 4.30. The van der Waals surface area contributed by atoms with Gasteiger partial charge in [-0.25, -0.2) is 4.79 Å². The fourth-order valence-corrected chi connectivity index (χ4v) is 3.06. The normalized spacial score (nSPS) is 13.3. The lowest BCUT2D eigenvalue weighted by Gasteiger charge is -2.12. The molecular formula is C20H21NO4. The molecule has 25 heavy (non-hydrogen) atoms. The van der Waals surface area contributed by atoms with E-state index in [4.69, 9.17) is 14.3 Å². The Kier molecular flexibility index (Phi) is 5.33. The Hall–Kier alpha value is -2.82. The minimum absolute atomic E-state index is 0.123. The van der Waals surface area contributed by atoms with Crippen LogP contribution in [0.15, 0.2) is 47.6 Å². The van der Waals surface area contributed by atoms with Crippen LogP contribution in [0.25, 0.3) is 0 Å². The van der Waals surface area contributed by atoms with Gasteiger partial charge in [-0.3, -0.25) is 0 Å². The molecule has 0 radical (unpaired) electrons. The molecule has 0 atom stereocenters. The smallest absolute Gasteiger partial charge is 0.360 e. The standard InChI is InChI=1S/C20H21NO4/c1-23-20(22)19(21-24-2)18-9-4-3-6-16(18)13-25-17-11-10-14-7-5-8-15(14)12-17/h3-4,6,9-12H,5,7-8,13H2,1-2H3/b21-19-. The molecular weight excluding hydrogens is 318 g/mol. The highest BCUT2D eigenvalue weighted by Gasteiger charge is 2.19. The van der Waals surface area contributed by atoms with Crippen LogP contribution in [0.5, 0.6) is 5.75 Å². The van der Waals surface area contributed by atoms with Crippen molar-refractivity contribution in [2.45, 2.75) is 25.9 Å². The Morgan fingerprint density at radius 3 is 2.68 bits per heavy atom. The lowest BCUT2D eigenvalue weighted by Crippen LogP contribution is -2.19. The number of nitrogens with zero attached hydrogens (tertiary/aromatic N) is 1. The summed E-state index contributed by atoms with van der Waals surface area (Å²) in [6.07, 6.45) is 3.46. The first kappa shape index (κ1) is 17.0. The highest BCUT2D eigenvalue weighted by atomic mass is 16.6. The zero-order valence-corrected chi connectivity index (χ0v) is 14.5. The van der Waals surface area contributed by atoms with E-state index in [-0.39, 0.29) is 5.71 Å². The third-order valence-corrected chi connectivity index (χ3v) is 4.30. The van der Waals surface area contributed by atoms with Crippen LogP contribution < -0.4 is 4.74 Å². The van der Waals surface area contributed by atoms with Crippen LogP contribution in [-0.2, 0) is 33.8 Å². The molecule has 0 bridgehead atoms. The zero-order chi connectivity index (χ0) is 17.6. The molecule has 130 valence electrons. The SMILES string of the molecule is CO/N=C(\C(=O)OC)c1ccccc1COc1ccc2c(c1)CCC2. The number of carbonyl (C=O) groups excluding carboxylic acids is 1. The maximum Gasteiger partial charge on any atom is 0.360 e. The monoisotopic (exact) mass is 339 g/mol. The first-order valence-corrected chi connectivity index (χ1v) is 8.25. The molecule has 0 aliphatic heterocycles. The van der Waals surface area contributed by atoms with Gasteiger partial charge in [-0.2, -0.15) is 0 Å². The highest BCUT2D eigenvalue weighted by Crippen LogP contribution is 2.26. The van der Waals surface area contributed by atoms with Crippen molar-refractivity contribution in [2.24, 2.45) is 5.16 Å². The van der Waals surface area contributed by atoms with E-state index in [9.17, 15) is 4.79 Å². The van der Waals surface area contributed by atoms with E-state index in [1.807, 2.05) is 24.3 Å². The van der Waals surface area contributed by atoms with Gasteiger partial charge in [0, 0.05) is 5.56 Å². The van der Waals surface area contributed by atoms with Gasteiger partial charge < -0.3 is 14.3 Å². The first-order valence-electron chi connectivity index (χ1n) is 8.25. The van der Waals surface area contributed by atoms with Crippen LogP contribution in [-0.4, -0.2) is 25.9 Å². The molecule has 3 rings (SSSR count). The lowest BCUT2D eigenvalue weighted by molar-refractivity contribution is -0.132. The molecule has 0 heterocycles. The molecule has 1 aliphatic carbocycles. The second kappa shape index (κ2) is 7.83. The number of benzene rings is 2. The number of methoxy groups -OCH3 is 1. The summed E-state index contributed by atoms with van der Waals surface area (Å²) in [6, 6.07) is 13.7. The van der Waals surface area contributed by atoms with Crippen LogP contribution in [0.1, 0.15) is 28.7 Å². The fraction of sp³-hybridized carbons (Fsp3) is 0.300. The number of ether oxygens (including phenoxy) is 2. The molecule has 5 nitrogen and oxygen atoms in total. The van der Waals surface area contributed by atoms with Gasteiger partial charge in [-0.05, 0) is 48.1 Å². The van der Waals surface area contributed by atoms with Crippen molar-refractivity contribution in [1.82, 2.24) is 0 Å². The number of hydrogen-bond donors (Lipinski definition) is 0. The molecule has 1 aliphatic rings. The predicted octanol–water partition coefficient (Wildman–Crippen LogP) is 3.28. The van der Waals surface area contributed by atoms with Gasteiger partial charge in [-0.15, -0.1) is 0 Å². The molecule has 5 heteroatoms. The van der Waals surface area contributed by atoms with Crippen LogP contribution in [0.2, 0.25) is 0 Å². The van der Waals surface area contributed by atoms with E-state index in [1.165, 1.54) is 31.8 Å². The Morgan fingerprint density at radius 2 is 1.88 bits per heavy atom. The average molecular weight is 339 g/mol. The Morgan fingerprint density at radius 1 is 1.08 bits per heavy atom. The highest BCUT2D eigenvalue weighted by molar-refractivity contribution is 6.43. The molecule has 0 unspecified atom stereocenters. The number of carbonyl (C=O) groups is 1. The minimum atomic E-state index is -0.549. The zero-order valence-electron chi connectivity index (χ0n) is 14.5. The Balaban J connectivity index is 1.81. The molecule has 0 fully saturated rings. The molecule has 0 saturated carbocycles. The molecule has 0 N–H and O–H groups in total. The van der Waals surface area contributed by atoms with Crippen LogP contribution in [0.3, 0.4) is 0 Å². The van der Waals surface area contributed by atoms with E-state index < -0.39 is 5.97 Å². The molecule has 0 spiro atoms. The van der Waals surface area contributed by atoms with Gasteiger partial charge in [-0.1, -0.05) is 35.5 Å². The van der Waals surface area contributed by atoms with Gasteiger partial charge >= 0.3 is 5.97 Å². The van der Waals surface area contributed by atoms with E-state index in [1.54, 1.807) is 6.07 Å². The molecule has 0 aromatic heterocycles. The molecule has 0 saturated heterocycles. The van der Waals surface area contributed by atoms with Crippen molar-refractivity contribution in [3.8, 4) is 5.75 Å². The van der Waals surface area contributed by atoms with E-state index in [0.717, 1.165) is 24.2 Å².